The van der Waals surface area contributed by atoms with Crippen molar-refractivity contribution in [2.45, 2.75) is 12.3 Å². The van der Waals surface area contributed by atoms with E-state index in [2.05, 4.69) is 15.3 Å². The van der Waals surface area contributed by atoms with Gasteiger partial charge in [-0.05, 0) is 11.4 Å². The average molecular weight is 263 g/mol. The highest BCUT2D eigenvalue weighted by atomic mass is 32.1. The summed E-state index contributed by atoms with van der Waals surface area (Å²) in [5.74, 6) is 0.291. The van der Waals surface area contributed by atoms with E-state index >= 15 is 0 Å². The Kier molecular flexibility index (Phi) is 3.16. The fourth-order valence-corrected chi connectivity index (χ4v) is 1.97. The zero-order valence-electron chi connectivity index (χ0n) is 8.40. The molecule has 0 aliphatic carbocycles. The second kappa shape index (κ2) is 4.46. The minimum atomic E-state index is -4.63. The van der Waals surface area contributed by atoms with Gasteiger partial charge in [0.15, 0.2) is 6.10 Å². The molecule has 0 aromatic carbocycles. The van der Waals surface area contributed by atoms with E-state index in [1.807, 2.05) is 0 Å². The van der Waals surface area contributed by atoms with Gasteiger partial charge in [0.05, 0.1) is 11.9 Å². The number of rotatable bonds is 3. The van der Waals surface area contributed by atoms with Crippen molar-refractivity contribution in [3.05, 3.63) is 17.8 Å². The highest BCUT2D eigenvalue weighted by Crippen LogP contribution is 2.25. The summed E-state index contributed by atoms with van der Waals surface area (Å²) in [5, 5.41) is 13.7. The van der Waals surface area contributed by atoms with E-state index in [0.717, 1.165) is 0 Å². The van der Waals surface area contributed by atoms with Crippen LogP contribution in [0.5, 0.6) is 0 Å². The van der Waals surface area contributed by atoms with Crippen molar-refractivity contribution in [3.8, 4) is 0 Å². The summed E-state index contributed by atoms with van der Waals surface area (Å²) >= 11 is 1.37. The van der Waals surface area contributed by atoms with Crippen LogP contribution in [0.3, 0.4) is 0 Å². The van der Waals surface area contributed by atoms with Gasteiger partial charge in [0.2, 0.25) is 0 Å². The lowest BCUT2D eigenvalue weighted by molar-refractivity contribution is -0.198. The minimum absolute atomic E-state index is 0.291. The van der Waals surface area contributed by atoms with Crippen LogP contribution >= 0.6 is 11.3 Å². The number of halogens is 3. The Labute approximate surface area is 98.1 Å². The molecule has 2 rings (SSSR count). The Balaban J connectivity index is 2.12. The Hall–Kier alpha value is -1.41. The molecule has 0 saturated carbocycles. The topological polar surface area (TPSA) is 58.0 Å². The van der Waals surface area contributed by atoms with Gasteiger partial charge < -0.3 is 10.4 Å². The largest absolute Gasteiger partial charge is 0.416 e. The summed E-state index contributed by atoms with van der Waals surface area (Å²) in [7, 11) is 0. The fourth-order valence-electron chi connectivity index (χ4n) is 1.24. The number of aliphatic hydroxyl groups excluding tert-OH is 1. The van der Waals surface area contributed by atoms with Crippen LogP contribution in [0.2, 0.25) is 0 Å². The first-order valence-electron chi connectivity index (χ1n) is 4.65. The van der Waals surface area contributed by atoms with Gasteiger partial charge in [0.25, 0.3) is 0 Å². The van der Waals surface area contributed by atoms with Crippen LogP contribution in [0.15, 0.2) is 17.8 Å². The maximum Gasteiger partial charge on any atom is 0.416 e. The van der Waals surface area contributed by atoms with E-state index in [1.165, 1.54) is 17.7 Å². The van der Waals surface area contributed by atoms with Crippen molar-refractivity contribution in [1.82, 2.24) is 9.97 Å². The van der Waals surface area contributed by atoms with Crippen LogP contribution in [-0.2, 0) is 0 Å². The molecular formula is C9H8F3N3OS. The third kappa shape index (κ3) is 2.64. The van der Waals surface area contributed by atoms with Crippen LogP contribution in [0, 0.1) is 0 Å². The Morgan fingerprint density at radius 2 is 2.18 bits per heavy atom. The van der Waals surface area contributed by atoms with Crippen molar-refractivity contribution in [2.75, 3.05) is 11.9 Å². The van der Waals surface area contributed by atoms with Gasteiger partial charge in [-0.15, -0.1) is 11.3 Å². The monoisotopic (exact) mass is 263 g/mol. The molecule has 17 heavy (non-hydrogen) atoms. The molecule has 0 aliphatic heterocycles. The van der Waals surface area contributed by atoms with Gasteiger partial charge in [0, 0.05) is 0 Å². The number of aromatic nitrogens is 2. The summed E-state index contributed by atoms with van der Waals surface area (Å²) in [6.07, 6.45) is -5.78. The molecule has 2 aromatic heterocycles. The maximum atomic E-state index is 12.1. The van der Waals surface area contributed by atoms with Crippen LogP contribution in [0.1, 0.15) is 0 Å². The molecule has 0 amide bonds. The number of alkyl halides is 3. The Morgan fingerprint density at radius 1 is 1.41 bits per heavy atom. The van der Waals surface area contributed by atoms with E-state index < -0.39 is 18.8 Å². The lowest BCUT2D eigenvalue weighted by Gasteiger charge is -2.15. The molecule has 0 bridgehead atoms. The number of fused-ring (bicyclic) bond motifs is 1. The zero-order valence-corrected chi connectivity index (χ0v) is 9.22. The number of hydrogen-bond acceptors (Lipinski definition) is 5. The zero-order chi connectivity index (χ0) is 12.5. The number of hydrogen-bond donors (Lipinski definition) is 2. The predicted octanol–water partition coefficient (Wildman–Crippen LogP) is 2.03. The van der Waals surface area contributed by atoms with Gasteiger partial charge >= 0.3 is 6.18 Å². The molecule has 1 atom stereocenters. The van der Waals surface area contributed by atoms with Crippen molar-refractivity contribution >= 4 is 27.4 Å². The number of aliphatic hydroxyl groups is 1. The molecule has 0 fully saturated rings. The lowest BCUT2D eigenvalue weighted by Crippen LogP contribution is -2.35. The highest BCUT2D eigenvalue weighted by molar-refractivity contribution is 7.16. The third-order valence-electron chi connectivity index (χ3n) is 2.10. The molecule has 0 saturated heterocycles. The number of anilines is 1. The standard InChI is InChI=1S/C9H8F3N3OS/c10-9(11,12)6(16)3-13-7-5-1-2-17-8(5)15-4-14-7/h1-2,4,6,16H,3H2,(H,13,14,15). The molecule has 2 heterocycles. The van der Waals surface area contributed by atoms with Crippen LogP contribution < -0.4 is 5.32 Å². The van der Waals surface area contributed by atoms with Crippen molar-refractivity contribution in [1.29, 1.82) is 0 Å². The molecule has 2 N–H and O–H groups in total. The van der Waals surface area contributed by atoms with Gasteiger partial charge in [-0.25, -0.2) is 9.97 Å². The van der Waals surface area contributed by atoms with Gasteiger partial charge in [-0.3, -0.25) is 0 Å². The van der Waals surface area contributed by atoms with E-state index in [0.29, 0.717) is 16.0 Å². The van der Waals surface area contributed by atoms with Gasteiger partial charge in [-0.2, -0.15) is 13.2 Å². The van der Waals surface area contributed by atoms with Crippen LogP contribution in [-0.4, -0.2) is 33.9 Å². The van der Waals surface area contributed by atoms with E-state index in [9.17, 15) is 13.2 Å². The van der Waals surface area contributed by atoms with Crippen LogP contribution in [0.4, 0.5) is 19.0 Å². The Bertz CT molecular complexity index is 513. The summed E-state index contributed by atoms with van der Waals surface area (Å²) in [6.45, 7) is -0.633. The highest BCUT2D eigenvalue weighted by Gasteiger charge is 2.37. The first-order chi connectivity index (χ1) is 7.98. The van der Waals surface area contributed by atoms with E-state index in [4.69, 9.17) is 5.11 Å². The fraction of sp³-hybridized carbons (Fsp3) is 0.333. The quantitative estimate of drug-likeness (QED) is 0.889. The van der Waals surface area contributed by atoms with Crippen molar-refractivity contribution in [2.24, 2.45) is 0 Å². The second-order valence-corrected chi connectivity index (χ2v) is 4.19. The molecule has 4 nitrogen and oxygen atoms in total. The minimum Gasteiger partial charge on any atom is -0.382 e. The number of nitrogens with zero attached hydrogens (tertiary/aromatic N) is 2. The van der Waals surface area contributed by atoms with E-state index in [1.54, 1.807) is 11.4 Å². The molecule has 0 aliphatic rings. The average Bonchev–Trinajstić information content (AvgIpc) is 2.72. The summed E-state index contributed by atoms with van der Waals surface area (Å²) in [5.41, 5.74) is 0. The first kappa shape index (κ1) is 12.1. The predicted molar refractivity (Wildman–Crippen MR) is 58.0 cm³/mol. The van der Waals surface area contributed by atoms with Gasteiger partial charge in [-0.1, -0.05) is 0 Å². The van der Waals surface area contributed by atoms with Crippen molar-refractivity contribution in [3.63, 3.8) is 0 Å². The molecule has 0 radical (unpaired) electrons. The molecule has 2 aromatic rings. The number of nitrogens with one attached hydrogen (secondary N) is 1. The lowest BCUT2D eigenvalue weighted by atomic mass is 10.3. The van der Waals surface area contributed by atoms with Gasteiger partial charge in [0.1, 0.15) is 17.0 Å². The second-order valence-electron chi connectivity index (χ2n) is 3.30. The summed E-state index contributed by atoms with van der Waals surface area (Å²) < 4.78 is 36.3. The molecule has 92 valence electrons. The maximum absolute atomic E-state index is 12.1. The van der Waals surface area contributed by atoms with Crippen molar-refractivity contribution < 1.29 is 18.3 Å². The Morgan fingerprint density at radius 3 is 2.88 bits per heavy atom. The molecule has 1 unspecified atom stereocenters. The van der Waals surface area contributed by atoms with E-state index in [-0.39, 0.29) is 0 Å². The SMILES string of the molecule is OC(CNc1ncnc2sccc12)C(F)(F)F. The normalized spacial score (nSPS) is 13.9. The molecule has 0 spiro atoms. The number of thiophene rings is 1. The molecule has 8 heteroatoms. The smallest absolute Gasteiger partial charge is 0.382 e. The summed E-state index contributed by atoms with van der Waals surface area (Å²) in [4.78, 5) is 8.48. The first-order valence-corrected chi connectivity index (χ1v) is 5.53. The van der Waals surface area contributed by atoms with Crippen LogP contribution in [0.25, 0.3) is 10.2 Å². The third-order valence-corrected chi connectivity index (χ3v) is 2.92. The summed E-state index contributed by atoms with van der Waals surface area (Å²) in [6, 6.07) is 1.71. The molecular weight excluding hydrogens is 255 g/mol.